The first-order valence-electron chi connectivity index (χ1n) is 9.07. The lowest BCUT2D eigenvalue weighted by Crippen LogP contribution is -2.41. The van der Waals surface area contributed by atoms with Crippen LogP contribution in [0.3, 0.4) is 0 Å². The van der Waals surface area contributed by atoms with Gasteiger partial charge in [-0.1, -0.05) is 6.07 Å². The Morgan fingerprint density at radius 2 is 1.79 bits per heavy atom. The summed E-state index contributed by atoms with van der Waals surface area (Å²) in [5.41, 5.74) is 1.65. The summed E-state index contributed by atoms with van der Waals surface area (Å²) in [4.78, 5) is 15.7. The molecule has 4 rings (SSSR count). The normalized spacial score (nSPS) is 16.3. The number of rotatable bonds is 4. The van der Waals surface area contributed by atoms with Gasteiger partial charge in [-0.3, -0.25) is 4.79 Å². The van der Waals surface area contributed by atoms with Gasteiger partial charge >= 0.3 is 0 Å². The number of benzene rings is 2. The van der Waals surface area contributed by atoms with Gasteiger partial charge in [-0.05, 0) is 60.7 Å². The number of aromatic amines is 1. The van der Waals surface area contributed by atoms with Crippen LogP contribution in [0.25, 0.3) is 10.9 Å². The molecule has 146 valence electrons. The Morgan fingerprint density at radius 3 is 2.50 bits per heavy atom. The topological polar surface area (TPSA) is 82.3 Å². The van der Waals surface area contributed by atoms with E-state index in [1.54, 1.807) is 0 Å². The highest BCUT2D eigenvalue weighted by Gasteiger charge is 2.32. The molecule has 0 radical (unpaired) electrons. The monoisotopic (exact) mass is 401 g/mol. The summed E-state index contributed by atoms with van der Waals surface area (Å²) < 4.78 is 39.7. The third-order valence-corrected chi connectivity index (χ3v) is 7.01. The lowest BCUT2D eigenvalue weighted by molar-refractivity contribution is -0.120. The molecule has 0 spiro atoms. The number of hydrogen-bond acceptors (Lipinski definition) is 3. The highest BCUT2D eigenvalue weighted by atomic mass is 32.2. The number of sulfonamides is 1. The quantitative estimate of drug-likeness (QED) is 0.703. The van der Waals surface area contributed by atoms with Gasteiger partial charge in [0.15, 0.2) is 0 Å². The van der Waals surface area contributed by atoms with Gasteiger partial charge in [0, 0.05) is 36.4 Å². The molecular formula is C20H20FN3O3S. The van der Waals surface area contributed by atoms with Gasteiger partial charge in [-0.25, -0.2) is 12.8 Å². The third kappa shape index (κ3) is 3.65. The van der Waals surface area contributed by atoms with E-state index in [9.17, 15) is 17.6 Å². The van der Waals surface area contributed by atoms with E-state index in [2.05, 4.69) is 10.3 Å². The summed E-state index contributed by atoms with van der Waals surface area (Å²) >= 11 is 0. The van der Waals surface area contributed by atoms with E-state index in [1.165, 1.54) is 16.4 Å². The molecule has 1 aliphatic rings. The summed E-state index contributed by atoms with van der Waals surface area (Å²) in [7, 11) is -3.67. The number of fused-ring (bicyclic) bond motifs is 1. The van der Waals surface area contributed by atoms with Crippen LogP contribution >= 0.6 is 0 Å². The van der Waals surface area contributed by atoms with E-state index in [1.807, 2.05) is 30.5 Å². The molecule has 1 amide bonds. The lowest BCUT2D eigenvalue weighted by Gasteiger charge is -2.30. The van der Waals surface area contributed by atoms with Gasteiger partial charge in [0.25, 0.3) is 0 Å². The minimum absolute atomic E-state index is 0.0658. The van der Waals surface area contributed by atoms with Crippen LogP contribution in [-0.2, 0) is 14.8 Å². The molecule has 2 N–H and O–H groups in total. The Labute approximate surface area is 162 Å². The largest absolute Gasteiger partial charge is 0.361 e. The average molecular weight is 401 g/mol. The van der Waals surface area contributed by atoms with Crippen molar-refractivity contribution >= 4 is 32.5 Å². The minimum Gasteiger partial charge on any atom is -0.361 e. The average Bonchev–Trinajstić information content (AvgIpc) is 3.16. The molecule has 2 aromatic carbocycles. The van der Waals surface area contributed by atoms with Gasteiger partial charge in [0.05, 0.1) is 4.90 Å². The fraction of sp³-hybridized carbons (Fsp3) is 0.250. The van der Waals surface area contributed by atoms with E-state index in [-0.39, 0.29) is 29.8 Å². The molecule has 0 bridgehead atoms. The number of anilines is 1. The zero-order chi connectivity index (χ0) is 19.7. The Balaban J connectivity index is 1.39. The molecule has 0 atom stereocenters. The summed E-state index contributed by atoms with van der Waals surface area (Å²) in [6.07, 6.45) is 2.72. The molecule has 1 aliphatic heterocycles. The number of hydrogen-bond donors (Lipinski definition) is 2. The third-order valence-electron chi connectivity index (χ3n) is 5.10. The van der Waals surface area contributed by atoms with Crippen LogP contribution in [0.2, 0.25) is 0 Å². The van der Waals surface area contributed by atoms with Gasteiger partial charge in [0.2, 0.25) is 15.9 Å². The zero-order valence-electron chi connectivity index (χ0n) is 15.1. The van der Waals surface area contributed by atoms with E-state index >= 15 is 0 Å². The van der Waals surface area contributed by atoms with Gasteiger partial charge < -0.3 is 10.3 Å². The predicted molar refractivity (Wildman–Crippen MR) is 105 cm³/mol. The van der Waals surface area contributed by atoms with E-state index in [0.29, 0.717) is 18.5 Å². The zero-order valence-corrected chi connectivity index (χ0v) is 15.9. The van der Waals surface area contributed by atoms with Crippen LogP contribution in [0.5, 0.6) is 0 Å². The minimum atomic E-state index is -3.67. The lowest BCUT2D eigenvalue weighted by atomic mass is 9.97. The number of carbonyl (C=O) groups is 1. The van der Waals surface area contributed by atoms with Crippen LogP contribution in [-0.4, -0.2) is 36.7 Å². The molecule has 28 heavy (non-hydrogen) atoms. The Hall–Kier alpha value is -2.71. The van der Waals surface area contributed by atoms with E-state index in [4.69, 9.17) is 0 Å². The van der Waals surface area contributed by atoms with Crippen molar-refractivity contribution in [1.29, 1.82) is 0 Å². The number of amides is 1. The molecule has 1 saturated heterocycles. The smallest absolute Gasteiger partial charge is 0.243 e. The standard InChI is InChI=1S/C20H20FN3O3S/c21-16-2-5-18(6-3-16)28(26,27)24-11-8-15(9-12-24)20(25)23-17-4-1-14-7-10-22-19(14)13-17/h1-7,10,13,15,22H,8-9,11-12H2,(H,23,25). The van der Waals surface area contributed by atoms with Crippen molar-refractivity contribution in [3.8, 4) is 0 Å². The summed E-state index contributed by atoms with van der Waals surface area (Å²) in [5.74, 6) is -0.837. The van der Waals surface area contributed by atoms with Crippen molar-refractivity contribution < 1.29 is 17.6 Å². The molecule has 0 unspecified atom stereocenters. The Kier molecular flexibility index (Phi) is 4.91. The number of carbonyl (C=O) groups excluding carboxylic acids is 1. The van der Waals surface area contributed by atoms with Crippen molar-refractivity contribution in [2.24, 2.45) is 5.92 Å². The maximum Gasteiger partial charge on any atom is 0.243 e. The van der Waals surface area contributed by atoms with Crippen molar-refractivity contribution in [2.75, 3.05) is 18.4 Å². The summed E-state index contributed by atoms with van der Waals surface area (Å²) in [5, 5.41) is 3.98. The molecule has 2 heterocycles. The predicted octanol–water partition coefficient (Wildman–Crippen LogP) is 3.35. The molecule has 6 nitrogen and oxygen atoms in total. The molecule has 3 aromatic rings. The van der Waals surface area contributed by atoms with Crippen molar-refractivity contribution in [2.45, 2.75) is 17.7 Å². The van der Waals surface area contributed by atoms with Crippen molar-refractivity contribution in [3.05, 3.63) is 60.5 Å². The van der Waals surface area contributed by atoms with E-state index in [0.717, 1.165) is 23.0 Å². The van der Waals surface area contributed by atoms with Crippen LogP contribution in [0, 0.1) is 11.7 Å². The highest BCUT2D eigenvalue weighted by Crippen LogP contribution is 2.25. The first-order valence-corrected chi connectivity index (χ1v) is 10.5. The number of halogens is 1. The second-order valence-corrected chi connectivity index (χ2v) is 8.84. The second-order valence-electron chi connectivity index (χ2n) is 6.90. The van der Waals surface area contributed by atoms with Gasteiger partial charge in [-0.2, -0.15) is 4.31 Å². The van der Waals surface area contributed by atoms with Crippen LogP contribution in [0.1, 0.15) is 12.8 Å². The fourth-order valence-electron chi connectivity index (χ4n) is 3.48. The molecule has 0 saturated carbocycles. The number of H-pyrrole nitrogens is 1. The number of aromatic nitrogens is 1. The van der Waals surface area contributed by atoms with E-state index < -0.39 is 15.8 Å². The number of nitrogens with one attached hydrogen (secondary N) is 2. The highest BCUT2D eigenvalue weighted by molar-refractivity contribution is 7.89. The molecule has 1 aromatic heterocycles. The maximum absolute atomic E-state index is 13.0. The van der Waals surface area contributed by atoms with Crippen LogP contribution in [0.4, 0.5) is 10.1 Å². The number of nitrogens with zero attached hydrogens (tertiary/aromatic N) is 1. The first kappa shape index (κ1) is 18.6. The van der Waals surface area contributed by atoms with Gasteiger partial charge in [-0.15, -0.1) is 0 Å². The van der Waals surface area contributed by atoms with Crippen molar-refractivity contribution in [1.82, 2.24) is 9.29 Å². The molecule has 0 aliphatic carbocycles. The van der Waals surface area contributed by atoms with Crippen LogP contribution < -0.4 is 5.32 Å². The molecular weight excluding hydrogens is 381 g/mol. The SMILES string of the molecule is O=C(Nc1ccc2cc[nH]c2c1)C1CCN(S(=O)(=O)c2ccc(F)cc2)CC1. The van der Waals surface area contributed by atoms with Crippen LogP contribution in [0.15, 0.2) is 59.6 Å². The molecule has 1 fully saturated rings. The summed E-state index contributed by atoms with van der Waals surface area (Å²) in [6, 6.07) is 12.4. The second kappa shape index (κ2) is 7.37. The fourth-order valence-corrected chi connectivity index (χ4v) is 4.95. The molecule has 8 heteroatoms. The Bertz CT molecular complexity index is 1100. The number of piperidine rings is 1. The van der Waals surface area contributed by atoms with Gasteiger partial charge in [0.1, 0.15) is 5.82 Å². The summed E-state index contributed by atoms with van der Waals surface area (Å²) in [6.45, 7) is 0.515. The Morgan fingerprint density at radius 1 is 1.07 bits per heavy atom. The maximum atomic E-state index is 13.0. The first-order chi connectivity index (χ1) is 13.4. The van der Waals surface area contributed by atoms with Crippen molar-refractivity contribution in [3.63, 3.8) is 0 Å².